The number of carbonyl (C=O) groups is 2. The Balaban J connectivity index is 1.85. The predicted molar refractivity (Wildman–Crippen MR) is 158 cm³/mol. The number of aromatic nitrogens is 3. The molecular weight excluding hydrogens is 544 g/mol. The number of ether oxygens (including phenoxy) is 3. The number of hydrogen-bond donors (Lipinski definition) is 2. The van der Waals surface area contributed by atoms with Crippen LogP contribution >= 0.6 is 0 Å². The first-order valence-corrected chi connectivity index (χ1v) is 16.6. The van der Waals surface area contributed by atoms with Crippen molar-refractivity contribution in [2.45, 2.75) is 70.9 Å². The molecule has 0 bridgehead atoms. The van der Waals surface area contributed by atoms with Crippen LogP contribution in [0.2, 0.25) is 18.1 Å². The molecule has 4 rings (SSSR count). The lowest BCUT2D eigenvalue weighted by Gasteiger charge is -2.38. The van der Waals surface area contributed by atoms with Crippen LogP contribution in [-0.2, 0) is 24.3 Å². The number of nitrogens with one attached hydrogen (secondary N) is 1. The van der Waals surface area contributed by atoms with E-state index in [0.29, 0.717) is 59.8 Å². The van der Waals surface area contributed by atoms with Gasteiger partial charge in [-0.15, -0.1) is 0 Å². The molecule has 1 saturated heterocycles. The number of rotatable bonds is 9. The first kappa shape index (κ1) is 30.6. The molecule has 12 heteroatoms. The lowest BCUT2D eigenvalue weighted by molar-refractivity contribution is -0.114. The SMILES string of the molecule is COC1(c2cc(OCC(C)O[Si](C)(C)C(C)(C)C)cc(-c3c(NC(C)=O)n(C(=O)O)c4cnccc34)n2)CCOC1. The highest BCUT2D eigenvalue weighted by Gasteiger charge is 2.40. The maximum absolute atomic E-state index is 12.4. The monoisotopic (exact) mass is 584 g/mol. The average Bonchev–Trinajstić information content (AvgIpc) is 3.49. The van der Waals surface area contributed by atoms with E-state index in [9.17, 15) is 14.7 Å². The minimum Gasteiger partial charge on any atom is -0.491 e. The zero-order valence-electron chi connectivity index (χ0n) is 25.0. The molecule has 0 aliphatic carbocycles. The van der Waals surface area contributed by atoms with Crippen molar-refractivity contribution in [3.63, 3.8) is 0 Å². The van der Waals surface area contributed by atoms with E-state index in [-0.39, 0.29) is 17.0 Å². The van der Waals surface area contributed by atoms with Gasteiger partial charge in [-0.1, -0.05) is 20.8 Å². The van der Waals surface area contributed by atoms with Gasteiger partial charge in [-0.05, 0) is 31.1 Å². The molecule has 3 aromatic rings. The fourth-order valence-corrected chi connectivity index (χ4v) is 6.20. The van der Waals surface area contributed by atoms with Crippen LogP contribution in [0.25, 0.3) is 22.2 Å². The summed E-state index contributed by atoms with van der Waals surface area (Å²) < 4.78 is 25.4. The highest BCUT2D eigenvalue weighted by Crippen LogP contribution is 2.42. The second-order valence-corrected chi connectivity index (χ2v) is 16.7. The zero-order valence-corrected chi connectivity index (χ0v) is 26.0. The van der Waals surface area contributed by atoms with E-state index in [1.165, 1.54) is 13.1 Å². The van der Waals surface area contributed by atoms with Crippen molar-refractivity contribution in [2.24, 2.45) is 0 Å². The fourth-order valence-electron chi connectivity index (χ4n) is 4.77. The number of fused-ring (bicyclic) bond motifs is 1. The Labute approximate surface area is 241 Å². The van der Waals surface area contributed by atoms with Gasteiger partial charge in [0.2, 0.25) is 5.91 Å². The topological polar surface area (TPSA) is 134 Å². The maximum atomic E-state index is 12.4. The second kappa shape index (κ2) is 11.5. The third-order valence-electron chi connectivity index (χ3n) is 7.94. The Morgan fingerprint density at radius 2 is 2.02 bits per heavy atom. The molecule has 1 aliphatic rings. The number of anilines is 1. The van der Waals surface area contributed by atoms with Crippen LogP contribution in [0.3, 0.4) is 0 Å². The molecule has 3 aromatic heterocycles. The molecule has 222 valence electrons. The number of nitrogens with zero attached hydrogens (tertiary/aromatic N) is 3. The molecule has 0 spiro atoms. The summed E-state index contributed by atoms with van der Waals surface area (Å²) in [6.45, 7) is 15.4. The van der Waals surface area contributed by atoms with Gasteiger partial charge in [0.15, 0.2) is 8.32 Å². The lowest BCUT2D eigenvalue weighted by Crippen LogP contribution is -2.44. The van der Waals surface area contributed by atoms with Crippen LogP contribution in [0.4, 0.5) is 10.6 Å². The number of carboxylic acid groups (broad SMARTS) is 1. The molecule has 1 aliphatic heterocycles. The van der Waals surface area contributed by atoms with Gasteiger partial charge in [-0.25, -0.2) is 14.3 Å². The van der Waals surface area contributed by atoms with Gasteiger partial charge < -0.3 is 29.1 Å². The van der Waals surface area contributed by atoms with Crippen LogP contribution in [0, 0.1) is 0 Å². The smallest absolute Gasteiger partial charge is 0.417 e. The van der Waals surface area contributed by atoms with E-state index in [4.69, 9.17) is 23.6 Å². The second-order valence-electron chi connectivity index (χ2n) is 12.0. The summed E-state index contributed by atoms with van der Waals surface area (Å²) in [5.74, 6) is 0.164. The van der Waals surface area contributed by atoms with Crippen molar-refractivity contribution in [3.05, 3.63) is 36.3 Å². The molecule has 1 fully saturated rings. The van der Waals surface area contributed by atoms with Crippen molar-refractivity contribution < 1.29 is 33.3 Å². The quantitative estimate of drug-likeness (QED) is 0.307. The van der Waals surface area contributed by atoms with E-state index in [2.05, 4.69) is 44.2 Å². The number of carbonyl (C=O) groups excluding carboxylic acids is 1. The molecule has 2 N–H and O–H groups in total. The standard InChI is InChI=1S/C29H40N4O7Si/c1-18(40-41(7,8)28(3,4)5)16-39-20-13-22(32-24(14-20)29(37-6)10-12-38-17-29)25-21-9-11-30-15-23(21)33(27(35)36)26(25)31-19(2)34/h9,11,13-15,18H,10,12,16-17H2,1-8H3,(H,31,34)(H,35,36). The van der Waals surface area contributed by atoms with Crippen LogP contribution < -0.4 is 10.1 Å². The first-order valence-electron chi connectivity index (χ1n) is 13.6. The van der Waals surface area contributed by atoms with Crippen LogP contribution in [0.1, 0.15) is 46.7 Å². The largest absolute Gasteiger partial charge is 0.491 e. The maximum Gasteiger partial charge on any atom is 0.417 e. The molecule has 0 saturated carbocycles. The molecular formula is C29H40N4O7Si. The van der Waals surface area contributed by atoms with Crippen LogP contribution in [-0.4, -0.2) is 73.0 Å². The first-order chi connectivity index (χ1) is 19.2. The van der Waals surface area contributed by atoms with Crippen LogP contribution in [0.15, 0.2) is 30.6 Å². The third kappa shape index (κ3) is 6.15. The summed E-state index contributed by atoms with van der Waals surface area (Å²) in [5.41, 5.74) is 0.941. The van der Waals surface area contributed by atoms with E-state index in [0.717, 1.165) is 4.57 Å². The van der Waals surface area contributed by atoms with Gasteiger partial charge in [-0.3, -0.25) is 9.78 Å². The van der Waals surface area contributed by atoms with Gasteiger partial charge in [0.25, 0.3) is 0 Å². The van der Waals surface area contributed by atoms with Crippen molar-refractivity contribution in [3.8, 4) is 17.0 Å². The molecule has 4 heterocycles. The van der Waals surface area contributed by atoms with E-state index >= 15 is 0 Å². The van der Waals surface area contributed by atoms with Gasteiger partial charge in [0.05, 0.1) is 41.4 Å². The Bertz CT molecular complexity index is 1440. The Kier molecular flexibility index (Phi) is 8.60. The van der Waals surface area contributed by atoms with Crippen molar-refractivity contribution in [1.82, 2.24) is 14.5 Å². The number of pyridine rings is 2. The summed E-state index contributed by atoms with van der Waals surface area (Å²) in [7, 11) is -0.400. The van der Waals surface area contributed by atoms with Crippen molar-refractivity contribution in [1.29, 1.82) is 0 Å². The fraction of sp³-hybridized carbons (Fsp3) is 0.517. The highest BCUT2D eigenvalue weighted by atomic mass is 28.4. The van der Waals surface area contributed by atoms with Gasteiger partial charge in [-0.2, -0.15) is 0 Å². The summed E-state index contributed by atoms with van der Waals surface area (Å²) in [4.78, 5) is 33.6. The molecule has 11 nitrogen and oxygen atoms in total. The molecule has 0 radical (unpaired) electrons. The molecule has 41 heavy (non-hydrogen) atoms. The summed E-state index contributed by atoms with van der Waals surface area (Å²) in [5, 5.41) is 13.4. The van der Waals surface area contributed by atoms with Crippen molar-refractivity contribution >= 4 is 37.0 Å². The van der Waals surface area contributed by atoms with Crippen LogP contribution in [0.5, 0.6) is 5.75 Å². The molecule has 1 amide bonds. The van der Waals surface area contributed by atoms with E-state index in [1.54, 1.807) is 25.4 Å². The van der Waals surface area contributed by atoms with Gasteiger partial charge in [0, 0.05) is 50.8 Å². The highest BCUT2D eigenvalue weighted by molar-refractivity contribution is 6.74. The number of methoxy groups -OCH3 is 1. The molecule has 2 atom stereocenters. The zero-order chi connectivity index (χ0) is 30.2. The Morgan fingerprint density at radius 3 is 2.61 bits per heavy atom. The van der Waals surface area contributed by atoms with Crippen molar-refractivity contribution in [2.75, 3.05) is 32.2 Å². The average molecular weight is 585 g/mol. The minimum absolute atomic E-state index is 0.0545. The third-order valence-corrected chi connectivity index (χ3v) is 12.5. The minimum atomic E-state index is -2.01. The molecule has 2 unspecified atom stereocenters. The number of hydrogen-bond acceptors (Lipinski definition) is 8. The Hall–Kier alpha value is -3.32. The van der Waals surface area contributed by atoms with E-state index < -0.39 is 25.9 Å². The normalized spacial score (nSPS) is 18.4. The van der Waals surface area contributed by atoms with E-state index in [1.807, 2.05) is 13.0 Å². The Morgan fingerprint density at radius 1 is 1.29 bits per heavy atom. The summed E-state index contributed by atoms with van der Waals surface area (Å²) in [6, 6.07) is 5.27. The molecule has 0 aromatic carbocycles. The predicted octanol–water partition coefficient (Wildman–Crippen LogP) is 5.63. The lowest BCUT2D eigenvalue weighted by atomic mass is 9.96. The summed E-state index contributed by atoms with van der Waals surface area (Å²) in [6.07, 6.45) is 2.17. The van der Waals surface area contributed by atoms with Gasteiger partial charge >= 0.3 is 6.09 Å². The van der Waals surface area contributed by atoms with Gasteiger partial charge in [0.1, 0.15) is 23.8 Å². The number of amides is 1. The summed E-state index contributed by atoms with van der Waals surface area (Å²) >= 11 is 0.